The summed E-state index contributed by atoms with van der Waals surface area (Å²) in [4.78, 5) is 19.3. The Morgan fingerprint density at radius 3 is 2.41 bits per heavy atom. The second-order valence-corrected chi connectivity index (χ2v) is 10.5. The van der Waals surface area contributed by atoms with Gasteiger partial charge in [-0.2, -0.15) is 0 Å². The maximum Gasteiger partial charge on any atom is 0.225 e. The summed E-state index contributed by atoms with van der Waals surface area (Å²) >= 11 is 0. The summed E-state index contributed by atoms with van der Waals surface area (Å²) in [7, 11) is -3.30. The van der Waals surface area contributed by atoms with Gasteiger partial charge in [0, 0.05) is 37.1 Å². The van der Waals surface area contributed by atoms with Crippen molar-refractivity contribution >= 4 is 45.9 Å². The summed E-state index contributed by atoms with van der Waals surface area (Å²) in [6.45, 7) is 8.11. The molecular formula is C19H38IN5O3S. The third kappa shape index (κ3) is 9.37. The number of nitrogens with one attached hydrogen (secondary N) is 3. The van der Waals surface area contributed by atoms with Gasteiger partial charge in [-0.1, -0.05) is 19.3 Å². The third-order valence-corrected chi connectivity index (χ3v) is 6.16. The minimum Gasteiger partial charge on any atom is -0.357 e. The lowest BCUT2D eigenvalue weighted by atomic mass is 9.88. The first-order valence-electron chi connectivity index (χ1n) is 10.4. The minimum absolute atomic E-state index is 0. The highest BCUT2D eigenvalue weighted by Gasteiger charge is 2.32. The minimum atomic E-state index is -3.30. The molecule has 8 nitrogen and oxygen atoms in total. The van der Waals surface area contributed by atoms with Gasteiger partial charge < -0.3 is 15.5 Å². The molecular weight excluding hydrogens is 505 g/mol. The zero-order valence-corrected chi connectivity index (χ0v) is 21.3. The number of hydrogen-bond donors (Lipinski definition) is 3. The molecule has 10 heteroatoms. The number of halogens is 1. The van der Waals surface area contributed by atoms with Crippen LogP contribution >= 0.6 is 24.0 Å². The number of sulfonamides is 1. The first-order valence-corrected chi connectivity index (χ1v) is 12.3. The zero-order chi connectivity index (χ0) is 20.8. The van der Waals surface area contributed by atoms with Crippen LogP contribution in [0.2, 0.25) is 0 Å². The van der Waals surface area contributed by atoms with Gasteiger partial charge in [0.05, 0.1) is 12.8 Å². The van der Waals surface area contributed by atoms with Crippen molar-refractivity contribution < 1.29 is 13.2 Å². The molecule has 1 saturated heterocycles. The molecule has 1 saturated carbocycles. The summed E-state index contributed by atoms with van der Waals surface area (Å²) in [6.07, 6.45) is 7.69. The van der Waals surface area contributed by atoms with Gasteiger partial charge in [0.1, 0.15) is 0 Å². The summed E-state index contributed by atoms with van der Waals surface area (Å²) in [5.41, 5.74) is -0.672. The van der Waals surface area contributed by atoms with E-state index in [1.807, 2.05) is 11.8 Å². The molecule has 1 amide bonds. The van der Waals surface area contributed by atoms with Crippen molar-refractivity contribution in [3.05, 3.63) is 0 Å². The molecule has 0 aromatic heterocycles. The van der Waals surface area contributed by atoms with E-state index in [0.717, 1.165) is 32.1 Å². The van der Waals surface area contributed by atoms with E-state index in [1.54, 1.807) is 13.8 Å². The number of aliphatic imine (C=N–C) groups is 1. The number of likely N-dealkylation sites (tertiary alicyclic amines) is 1. The van der Waals surface area contributed by atoms with Crippen LogP contribution in [-0.2, 0) is 14.8 Å². The van der Waals surface area contributed by atoms with Crippen LogP contribution in [0.15, 0.2) is 4.99 Å². The first-order chi connectivity index (χ1) is 13.1. The van der Waals surface area contributed by atoms with Crippen LogP contribution < -0.4 is 15.4 Å². The molecule has 1 heterocycles. The molecule has 0 aromatic carbocycles. The van der Waals surface area contributed by atoms with Crippen LogP contribution in [0.5, 0.6) is 0 Å². The SMILES string of the molecule is CCNC(=NCC(C)(C)NS(C)(=O)=O)NC1CCN(C(=O)C2CCCCC2)C1.I. The molecule has 2 fully saturated rings. The molecule has 0 bridgehead atoms. The highest BCUT2D eigenvalue weighted by molar-refractivity contribution is 14.0. The van der Waals surface area contributed by atoms with Crippen molar-refractivity contribution in [3.63, 3.8) is 0 Å². The maximum absolute atomic E-state index is 12.7. The molecule has 0 spiro atoms. The predicted molar refractivity (Wildman–Crippen MR) is 128 cm³/mol. The Hall–Kier alpha value is -0.620. The van der Waals surface area contributed by atoms with Gasteiger partial charge in [0.15, 0.2) is 5.96 Å². The van der Waals surface area contributed by atoms with Crippen molar-refractivity contribution in [1.82, 2.24) is 20.3 Å². The van der Waals surface area contributed by atoms with E-state index in [2.05, 4.69) is 20.3 Å². The van der Waals surface area contributed by atoms with Gasteiger partial charge >= 0.3 is 0 Å². The standard InChI is InChI=1S/C19H37N5O3S.HI/c1-5-20-18(21-14-19(2,3)23-28(4,26)27)22-16-11-12-24(13-16)17(25)15-9-7-6-8-10-15;/h15-16,23H,5-14H2,1-4H3,(H2,20,21,22);1H. The number of nitrogens with zero attached hydrogens (tertiary/aromatic N) is 2. The van der Waals surface area contributed by atoms with Crippen molar-refractivity contribution in [2.45, 2.75) is 70.9 Å². The Kier molecular flexibility index (Phi) is 10.6. The Morgan fingerprint density at radius 1 is 1.17 bits per heavy atom. The molecule has 1 aliphatic carbocycles. The Balaban J connectivity index is 0.00000420. The fourth-order valence-corrected chi connectivity index (χ4v) is 5.08. The number of rotatable bonds is 7. The number of carbonyl (C=O) groups is 1. The zero-order valence-electron chi connectivity index (χ0n) is 18.2. The second-order valence-electron chi connectivity index (χ2n) is 8.70. The molecule has 1 atom stereocenters. The lowest BCUT2D eigenvalue weighted by molar-refractivity contribution is -0.135. The largest absolute Gasteiger partial charge is 0.357 e. The first kappa shape index (κ1) is 26.4. The average Bonchev–Trinajstić information content (AvgIpc) is 3.06. The number of amides is 1. The van der Waals surface area contributed by atoms with Gasteiger partial charge in [-0.15, -0.1) is 24.0 Å². The van der Waals surface area contributed by atoms with Gasteiger partial charge in [0.25, 0.3) is 0 Å². The number of hydrogen-bond acceptors (Lipinski definition) is 4. The summed E-state index contributed by atoms with van der Waals surface area (Å²) < 4.78 is 25.6. The molecule has 0 radical (unpaired) electrons. The molecule has 1 unspecified atom stereocenters. The molecule has 2 aliphatic rings. The van der Waals surface area contributed by atoms with Crippen molar-refractivity contribution in [1.29, 1.82) is 0 Å². The molecule has 3 N–H and O–H groups in total. The molecule has 2 rings (SSSR count). The molecule has 1 aliphatic heterocycles. The lowest BCUT2D eigenvalue weighted by Crippen LogP contribution is -2.48. The smallest absolute Gasteiger partial charge is 0.225 e. The van der Waals surface area contributed by atoms with Crippen molar-refractivity contribution in [2.75, 3.05) is 32.4 Å². The van der Waals surface area contributed by atoms with E-state index in [0.29, 0.717) is 31.5 Å². The number of carbonyl (C=O) groups excluding carboxylic acids is 1. The second kappa shape index (κ2) is 11.7. The third-order valence-electron chi connectivity index (χ3n) is 5.23. The van der Waals surface area contributed by atoms with Crippen LogP contribution in [-0.4, -0.2) is 69.2 Å². The van der Waals surface area contributed by atoms with E-state index >= 15 is 0 Å². The summed E-state index contributed by atoms with van der Waals surface area (Å²) in [5.74, 6) is 1.17. The van der Waals surface area contributed by atoms with Crippen molar-refractivity contribution in [3.8, 4) is 0 Å². The van der Waals surface area contributed by atoms with Crippen LogP contribution in [0.1, 0.15) is 59.3 Å². The highest BCUT2D eigenvalue weighted by atomic mass is 127. The van der Waals surface area contributed by atoms with E-state index in [9.17, 15) is 13.2 Å². The molecule has 0 aromatic rings. The maximum atomic E-state index is 12.7. The monoisotopic (exact) mass is 543 g/mol. The normalized spacial score (nSPS) is 21.6. The topological polar surface area (TPSA) is 103 Å². The van der Waals surface area contributed by atoms with Crippen LogP contribution in [0.3, 0.4) is 0 Å². The quantitative estimate of drug-likeness (QED) is 0.258. The Labute approximate surface area is 193 Å². The highest BCUT2D eigenvalue weighted by Crippen LogP contribution is 2.26. The van der Waals surface area contributed by atoms with Crippen LogP contribution in [0.25, 0.3) is 0 Å². The van der Waals surface area contributed by atoms with Gasteiger partial charge in [-0.3, -0.25) is 9.79 Å². The number of guanidine groups is 1. The van der Waals surface area contributed by atoms with Gasteiger partial charge in [0.2, 0.25) is 15.9 Å². The fraction of sp³-hybridized carbons (Fsp3) is 0.895. The van der Waals surface area contributed by atoms with Crippen LogP contribution in [0, 0.1) is 5.92 Å². The summed E-state index contributed by atoms with van der Waals surface area (Å²) in [6, 6.07) is 0.163. The Morgan fingerprint density at radius 2 is 1.83 bits per heavy atom. The van der Waals surface area contributed by atoms with Gasteiger partial charge in [-0.25, -0.2) is 13.1 Å². The van der Waals surface area contributed by atoms with E-state index < -0.39 is 15.6 Å². The predicted octanol–water partition coefficient (Wildman–Crippen LogP) is 1.67. The van der Waals surface area contributed by atoms with E-state index in [-0.39, 0.29) is 35.9 Å². The average molecular weight is 544 g/mol. The van der Waals surface area contributed by atoms with E-state index in [4.69, 9.17) is 0 Å². The summed E-state index contributed by atoms with van der Waals surface area (Å²) in [5, 5.41) is 6.62. The van der Waals surface area contributed by atoms with E-state index in [1.165, 1.54) is 19.3 Å². The lowest BCUT2D eigenvalue weighted by Gasteiger charge is -2.26. The van der Waals surface area contributed by atoms with Gasteiger partial charge in [-0.05, 0) is 40.0 Å². The molecule has 29 heavy (non-hydrogen) atoms. The Bertz CT molecular complexity index is 663. The molecule has 170 valence electrons. The van der Waals surface area contributed by atoms with Crippen molar-refractivity contribution in [2.24, 2.45) is 10.9 Å². The van der Waals surface area contributed by atoms with Crippen LogP contribution in [0.4, 0.5) is 0 Å². The fourth-order valence-electron chi connectivity index (χ4n) is 4.01.